The lowest BCUT2D eigenvalue weighted by atomic mass is 10.0. The summed E-state index contributed by atoms with van der Waals surface area (Å²) in [5, 5.41) is 13.2. The Balaban J connectivity index is 1.15. The standard InChI is InChI=1S/C49H30N4OS/c1-2-13-29(14-3-1)47-50-48(37-21-12-20-36-35-19-8-11-24-44(35)55-46(36)37)52-49(51-47)40-28-32(27-39-34-18-7-10-23-43(34)54-45(39)40)53-41-22-9-6-17-33(41)38-25-30-15-4-5-16-31(30)26-42(38)53/h1-28,47H,(H,50,51,52). The second kappa shape index (κ2) is 11.7. The van der Waals surface area contributed by atoms with Crippen LogP contribution in [0.3, 0.4) is 0 Å². The fourth-order valence-corrected chi connectivity index (χ4v) is 9.70. The normalized spacial score (nSPS) is 14.7. The molecule has 258 valence electrons. The quantitative estimate of drug-likeness (QED) is 0.197. The second-order valence-corrected chi connectivity index (χ2v) is 15.2. The summed E-state index contributed by atoms with van der Waals surface area (Å²) in [5.41, 5.74) is 7.91. The Labute approximate surface area is 319 Å². The summed E-state index contributed by atoms with van der Waals surface area (Å²) in [6.07, 6.45) is -0.365. The molecule has 6 heteroatoms. The van der Waals surface area contributed by atoms with Gasteiger partial charge in [0.2, 0.25) is 0 Å². The molecule has 1 aliphatic heterocycles. The molecule has 0 aliphatic carbocycles. The highest BCUT2D eigenvalue weighted by Gasteiger charge is 2.27. The van der Waals surface area contributed by atoms with Crippen LogP contribution in [0.4, 0.5) is 0 Å². The van der Waals surface area contributed by atoms with Crippen molar-refractivity contribution in [1.82, 2.24) is 9.88 Å². The number of benzene rings is 8. The number of aliphatic imine (C=N–C) groups is 2. The van der Waals surface area contributed by atoms with Gasteiger partial charge in [0, 0.05) is 53.0 Å². The zero-order valence-electron chi connectivity index (χ0n) is 29.4. The van der Waals surface area contributed by atoms with E-state index in [1.54, 1.807) is 11.3 Å². The van der Waals surface area contributed by atoms with Crippen molar-refractivity contribution in [3.63, 3.8) is 0 Å². The Morgan fingerprint density at radius 3 is 2.16 bits per heavy atom. The number of rotatable bonds is 4. The van der Waals surface area contributed by atoms with Crippen LogP contribution in [0.25, 0.3) is 80.4 Å². The highest BCUT2D eigenvalue weighted by Crippen LogP contribution is 2.40. The van der Waals surface area contributed by atoms with E-state index in [0.717, 1.165) is 55.3 Å². The van der Waals surface area contributed by atoms with Crippen molar-refractivity contribution in [3.8, 4) is 5.69 Å². The van der Waals surface area contributed by atoms with Gasteiger partial charge in [0.05, 0.1) is 16.6 Å². The van der Waals surface area contributed by atoms with Gasteiger partial charge in [-0.1, -0.05) is 121 Å². The molecule has 0 fully saturated rings. The molecule has 1 N–H and O–H groups in total. The molecular weight excluding hydrogens is 693 g/mol. The number of nitrogens with one attached hydrogen (secondary N) is 1. The summed E-state index contributed by atoms with van der Waals surface area (Å²) in [6.45, 7) is 0. The van der Waals surface area contributed by atoms with Crippen molar-refractivity contribution in [2.45, 2.75) is 6.17 Å². The first-order valence-corrected chi connectivity index (χ1v) is 19.3. The molecule has 8 aromatic carbocycles. The van der Waals surface area contributed by atoms with Crippen molar-refractivity contribution in [3.05, 3.63) is 187 Å². The van der Waals surface area contributed by atoms with E-state index in [-0.39, 0.29) is 6.17 Å². The topological polar surface area (TPSA) is 54.8 Å². The van der Waals surface area contributed by atoms with Crippen LogP contribution in [0.15, 0.2) is 184 Å². The van der Waals surface area contributed by atoms with Gasteiger partial charge in [0.1, 0.15) is 23.2 Å². The third-order valence-corrected chi connectivity index (χ3v) is 12.2. The summed E-state index contributed by atoms with van der Waals surface area (Å²) in [5.74, 6) is 1.41. The molecule has 12 rings (SSSR count). The molecule has 0 bridgehead atoms. The molecule has 1 atom stereocenters. The average molecular weight is 723 g/mol. The van der Waals surface area contributed by atoms with Gasteiger partial charge in [-0.25, -0.2) is 9.98 Å². The van der Waals surface area contributed by atoms with Gasteiger partial charge in [-0.2, -0.15) is 0 Å². The maximum Gasteiger partial charge on any atom is 0.160 e. The van der Waals surface area contributed by atoms with Crippen LogP contribution in [-0.2, 0) is 0 Å². The zero-order valence-corrected chi connectivity index (χ0v) is 30.2. The van der Waals surface area contributed by atoms with Gasteiger partial charge >= 0.3 is 0 Å². The van der Waals surface area contributed by atoms with Crippen LogP contribution in [-0.4, -0.2) is 16.2 Å². The number of para-hydroxylation sites is 2. The van der Waals surface area contributed by atoms with E-state index in [0.29, 0.717) is 11.7 Å². The van der Waals surface area contributed by atoms with Crippen LogP contribution in [0.1, 0.15) is 22.9 Å². The lowest BCUT2D eigenvalue weighted by molar-refractivity contribution is 0.659. The van der Waals surface area contributed by atoms with Crippen LogP contribution in [0.5, 0.6) is 0 Å². The Bertz CT molecular complexity index is 3420. The first-order valence-electron chi connectivity index (χ1n) is 18.5. The molecule has 1 aliphatic rings. The summed E-state index contributed by atoms with van der Waals surface area (Å²) >= 11 is 1.79. The number of nitrogens with zero attached hydrogens (tertiary/aromatic N) is 3. The summed E-state index contributed by atoms with van der Waals surface area (Å²) in [4.78, 5) is 10.7. The maximum atomic E-state index is 6.77. The van der Waals surface area contributed by atoms with Gasteiger partial charge < -0.3 is 14.3 Å². The monoisotopic (exact) mass is 722 g/mol. The molecule has 5 nitrogen and oxygen atoms in total. The van der Waals surface area contributed by atoms with Crippen LogP contribution in [0.2, 0.25) is 0 Å². The second-order valence-electron chi connectivity index (χ2n) is 14.2. The Morgan fingerprint density at radius 1 is 0.545 bits per heavy atom. The number of thiophene rings is 1. The largest absolute Gasteiger partial charge is 0.455 e. The van der Waals surface area contributed by atoms with Gasteiger partial charge in [-0.15, -0.1) is 11.3 Å². The minimum absolute atomic E-state index is 0.365. The minimum Gasteiger partial charge on any atom is -0.455 e. The van der Waals surface area contributed by atoms with Crippen molar-refractivity contribution >= 4 is 97.7 Å². The number of amidine groups is 2. The molecule has 4 heterocycles. The number of aromatic nitrogens is 1. The van der Waals surface area contributed by atoms with Crippen molar-refractivity contribution in [2.24, 2.45) is 9.98 Å². The SMILES string of the molecule is c1ccc(C2N=C(c3cccc4c3sc3ccccc34)N=C(c3cc(-n4c5ccccc5c5cc6ccccc6cc54)cc4c3oc3ccccc34)N2)cc1. The average Bonchev–Trinajstić information content (AvgIpc) is 3.92. The Kier molecular flexibility index (Phi) is 6.50. The number of hydrogen-bond donors (Lipinski definition) is 1. The lowest BCUT2D eigenvalue weighted by Gasteiger charge is -2.24. The smallest absolute Gasteiger partial charge is 0.160 e. The van der Waals surface area contributed by atoms with E-state index in [2.05, 4.69) is 162 Å². The van der Waals surface area contributed by atoms with Gasteiger partial charge in [0.15, 0.2) is 5.84 Å². The van der Waals surface area contributed by atoms with Crippen LogP contribution < -0.4 is 5.32 Å². The molecule has 0 saturated carbocycles. The van der Waals surface area contributed by atoms with Gasteiger partial charge in [-0.05, 0) is 64.9 Å². The number of furan rings is 1. The fraction of sp³-hybridized carbons (Fsp3) is 0.0204. The van der Waals surface area contributed by atoms with Crippen molar-refractivity contribution < 1.29 is 4.42 Å². The molecule has 0 amide bonds. The molecular formula is C49H30N4OS. The van der Waals surface area contributed by atoms with E-state index in [1.165, 1.54) is 41.7 Å². The third-order valence-electron chi connectivity index (χ3n) is 11.0. The van der Waals surface area contributed by atoms with Crippen LogP contribution >= 0.6 is 11.3 Å². The molecule has 0 spiro atoms. The molecule has 0 saturated heterocycles. The first-order chi connectivity index (χ1) is 27.2. The van der Waals surface area contributed by atoms with Crippen molar-refractivity contribution in [2.75, 3.05) is 0 Å². The Morgan fingerprint density at radius 2 is 1.27 bits per heavy atom. The zero-order chi connectivity index (χ0) is 36.0. The third kappa shape index (κ3) is 4.65. The van der Waals surface area contributed by atoms with E-state index in [1.807, 2.05) is 18.2 Å². The Hall–Kier alpha value is -7.02. The molecule has 1 unspecified atom stereocenters. The molecule has 11 aromatic rings. The van der Waals surface area contributed by atoms with E-state index < -0.39 is 0 Å². The van der Waals surface area contributed by atoms with E-state index >= 15 is 0 Å². The van der Waals surface area contributed by atoms with Gasteiger partial charge in [0.25, 0.3) is 0 Å². The maximum absolute atomic E-state index is 6.77. The van der Waals surface area contributed by atoms with E-state index in [4.69, 9.17) is 14.4 Å². The summed E-state index contributed by atoms with van der Waals surface area (Å²) in [7, 11) is 0. The molecule has 3 aromatic heterocycles. The summed E-state index contributed by atoms with van der Waals surface area (Å²) < 4.78 is 11.6. The van der Waals surface area contributed by atoms with Crippen molar-refractivity contribution in [1.29, 1.82) is 0 Å². The lowest BCUT2D eigenvalue weighted by Crippen LogP contribution is -2.33. The first kappa shape index (κ1) is 30.4. The minimum atomic E-state index is -0.365. The predicted molar refractivity (Wildman–Crippen MR) is 230 cm³/mol. The highest BCUT2D eigenvalue weighted by atomic mass is 32.1. The fourth-order valence-electron chi connectivity index (χ4n) is 8.49. The highest BCUT2D eigenvalue weighted by molar-refractivity contribution is 7.26. The van der Waals surface area contributed by atoms with Crippen LogP contribution in [0, 0.1) is 0 Å². The summed E-state index contributed by atoms with van der Waals surface area (Å²) in [6, 6.07) is 60.2. The van der Waals surface area contributed by atoms with E-state index in [9.17, 15) is 0 Å². The number of hydrogen-bond acceptors (Lipinski definition) is 5. The van der Waals surface area contributed by atoms with Gasteiger partial charge in [-0.3, -0.25) is 0 Å². The molecule has 0 radical (unpaired) electrons. The number of fused-ring (bicyclic) bond motifs is 10. The predicted octanol–water partition coefficient (Wildman–Crippen LogP) is 12.7. The molecule has 55 heavy (non-hydrogen) atoms.